The van der Waals surface area contributed by atoms with Gasteiger partial charge < -0.3 is 4.74 Å². The van der Waals surface area contributed by atoms with Gasteiger partial charge in [-0.2, -0.15) is 0 Å². The van der Waals surface area contributed by atoms with Gasteiger partial charge in [-0.15, -0.1) is 0 Å². The van der Waals surface area contributed by atoms with Crippen LogP contribution in [0.1, 0.15) is 22.3 Å². The molecule has 150 valence electrons. The average molecular weight is 399 g/mol. The van der Waals surface area contributed by atoms with Crippen LogP contribution in [0, 0.1) is 5.82 Å². The first-order valence-corrected chi connectivity index (χ1v) is 8.82. The fourth-order valence-electron chi connectivity index (χ4n) is 2.76. The number of nitrogens with zero attached hydrogens (tertiary/aromatic N) is 1. The standard InChI is InChI=1S/C20H18FN3O5/c21-14-5-7-15(8-6-14)29-12-18(26)23-22-17(25)9-10-24-19(27)11-13-3-1-2-4-16(13)20(24)28/h1-8H,9-12H2,(H,22,25)(H,23,26). The van der Waals surface area contributed by atoms with Crippen LogP contribution in [-0.4, -0.2) is 41.7 Å². The third-order valence-electron chi connectivity index (χ3n) is 4.22. The van der Waals surface area contributed by atoms with Crippen LogP contribution in [0.2, 0.25) is 0 Å². The van der Waals surface area contributed by atoms with Gasteiger partial charge in [-0.3, -0.25) is 34.9 Å². The number of hydrogen-bond acceptors (Lipinski definition) is 5. The molecule has 0 spiro atoms. The molecule has 0 aliphatic carbocycles. The van der Waals surface area contributed by atoms with Gasteiger partial charge in [0.1, 0.15) is 11.6 Å². The van der Waals surface area contributed by atoms with Crippen LogP contribution in [0.5, 0.6) is 5.75 Å². The molecule has 0 unspecified atom stereocenters. The number of nitrogens with one attached hydrogen (secondary N) is 2. The number of hydrogen-bond donors (Lipinski definition) is 2. The van der Waals surface area contributed by atoms with Crippen LogP contribution < -0.4 is 15.6 Å². The SMILES string of the molecule is O=C(CCN1C(=O)Cc2ccccc2C1=O)NNC(=O)COc1ccc(F)cc1. The van der Waals surface area contributed by atoms with Gasteiger partial charge >= 0.3 is 0 Å². The highest BCUT2D eigenvalue weighted by molar-refractivity contribution is 6.09. The molecule has 1 aliphatic rings. The van der Waals surface area contributed by atoms with Gasteiger partial charge in [0.15, 0.2) is 6.61 Å². The lowest BCUT2D eigenvalue weighted by molar-refractivity contribution is -0.131. The van der Waals surface area contributed by atoms with Crippen molar-refractivity contribution in [2.24, 2.45) is 0 Å². The zero-order valence-electron chi connectivity index (χ0n) is 15.3. The summed E-state index contributed by atoms with van der Waals surface area (Å²) in [5, 5.41) is 0. The monoisotopic (exact) mass is 399 g/mol. The summed E-state index contributed by atoms with van der Waals surface area (Å²) in [5.41, 5.74) is 5.46. The van der Waals surface area contributed by atoms with E-state index in [2.05, 4.69) is 10.9 Å². The van der Waals surface area contributed by atoms with Crippen molar-refractivity contribution < 1.29 is 28.3 Å². The summed E-state index contributed by atoms with van der Waals surface area (Å²) in [6.45, 7) is -0.481. The minimum Gasteiger partial charge on any atom is -0.484 e. The Hall–Kier alpha value is -3.75. The molecule has 8 nitrogen and oxygen atoms in total. The summed E-state index contributed by atoms with van der Waals surface area (Å²) >= 11 is 0. The van der Waals surface area contributed by atoms with Crippen molar-refractivity contribution in [1.82, 2.24) is 15.8 Å². The van der Waals surface area contributed by atoms with Crippen LogP contribution in [0.3, 0.4) is 0 Å². The summed E-state index contributed by atoms with van der Waals surface area (Å²) in [5.74, 6) is -2.14. The number of amides is 4. The van der Waals surface area contributed by atoms with E-state index in [9.17, 15) is 23.6 Å². The highest BCUT2D eigenvalue weighted by Crippen LogP contribution is 2.19. The molecule has 29 heavy (non-hydrogen) atoms. The Bertz CT molecular complexity index is 945. The minimum atomic E-state index is -0.623. The summed E-state index contributed by atoms with van der Waals surface area (Å²) in [4.78, 5) is 49.2. The van der Waals surface area contributed by atoms with E-state index < -0.39 is 23.5 Å². The van der Waals surface area contributed by atoms with Gasteiger partial charge in [-0.05, 0) is 35.9 Å². The van der Waals surface area contributed by atoms with Gasteiger partial charge in [-0.1, -0.05) is 18.2 Å². The Morgan fingerprint density at radius 1 is 1.00 bits per heavy atom. The Balaban J connectivity index is 1.42. The van der Waals surface area contributed by atoms with Gasteiger partial charge in [0.2, 0.25) is 11.8 Å². The number of hydrazine groups is 1. The number of imide groups is 1. The van der Waals surface area contributed by atoms with E-state index in [4.69, 9.17) is 4.74 Å². The second-order valence-electron chi connectivity index (χ2n) is 6.27. The van der Waals surface area contributed by atoms with E-state index in [0.717, 1.165) is 4.90 Å². The largest absolute Gasteiger partial charge is 0.484 e. The number of ether oxygens (including phenoxy) is 1. The van der Waals surface area contributed by atoms with Crippen molar-refractivity contribution >= 4 is 23.6 Å². The van der Waals surface area contributed by atoms with E-state index >= 15 is 0 Å². The van der Waals surface area contributed by atoms with Crippen molar-refractivity contribution in [3.05, 3.63) is 65.5 Å². The Kier molecular flexibility index (Phi) is 6.18. The van der Waals surface area contributed by atoms with Crippen LogP contribution in [-0.2, 0) is 20.8 Å². The van der Waals surface area contributed by atoms with Crippen LogP contribution >= 0.6 is 0 Å². The van der Waals surface area contributed by atoms with Crippen molar-refractivity contribution in [3.8, 4) is 5.75 Å². The lowest BCUT2D eigenvalue weighted by Gasteiger charge is -2.26. The Morgan fingerprint density at radius 3 is 2.45 bits per heavy atom. The fourth-order valence-corrected chi connectivity index (χ4v) is 2.76. The number of benzene rings is 2. The van der Waals surface area contributed by atoms with Crippen molar-refractivity contribution in [2.45, 2.75) is 12.8 Å². The summed E-state index contributed by atoms with van der Waals surface area (Å²) in [6.07, 6.45) is -0.0697. The molecule has 0 aromatic heterocycles. The fraction of sp³-hybridized carbons (Fsp3) is 0.200. The van der Waals surface area contributed by atoms with Gasteiger partial charge in [-0.25, -0.2) is 4.39 Å². The van der Waals surface area contributed by atoms with E-state index in [1.807, 2.05) is 0 Å². The molecular weight excluding hydrogens is 381 g/mol. The molecule has 3 rings (SSSR count). The first-order valence-electron chi connectivity index (χ1n) is 8.82. The van der Waals surface area contributed by atoms with Crippen molar-refractivity contribution in [2.75, 3.05) is 13.2 Å². The highest BCUT2D eigenvalue weighted by atomic mass is 19.1. The molecule has 0 saturated heterocycles. The van der Waals surface area contributed by atoms with Crippen molar-refractivity contribution in [1.29, 1.82) is 0 Å². The quantitative estimate of drug-likeness (QED) is 0.556. The third kappa shape index (κ3) is 5.16. The van der Waals surface area contributed by atoms with Gasteiger partial charge in [0.05, 0.1) is 6.42 Å². The Labute approximate surface area is 165 Å². The molecule has 1 heterocycles. The molecule has 2 N–H and O–H groups in total. The van der Waals surface area contributed by atoms with E-state index in [0.29, 0.717) is 16.9 Å². The number of fused-ring (bicyclic) bond motifs is 1. The van der Waals surface area contributed by atoms with Gasteiger partial charge in [0.25, 0.3) is 11.8 Å². The molecule has 2 aromatic rings. The third-order valence-corrected chi connectivity index (χ3v) is 4.22. The topological polar surface area (TPSA) is 105 Å². The maximum Gasteiger partial charge on any atom is 0.276 e. The molecule has 2 aromatic carbocycles. The minimum absolute atomic E-state index is 0.0974. The number of carbonyl (C=O) groups excluding carboxylic acids is 4. The zero-order chi connectivity index (χ0) is 20.8. The number of carbonyl (C=O) groups is 4. The molecule has 1 aliphatic heterocycles. The molecule has 0 atom stereocenters. The van der Waals surface area contributed by atoms with E-state index in [1.54, 1.807) is 24.3 Å². The first kappa shape index (κ1) is 20.0. The molecule has 0 radical (unpaired) electrons. The average Bonchev–Trinajstić information content (AvgIpc) is 2.71. The highest BCUT2D eigenvalue weighted by Gasteiger charge is 2.30. The van der Waals surface area contributed by atoms with Crippen LogP contribution in [0.15, 0.2) is 48.5 Å². The molecule has 0 fully saturated rings. The molecule has 0 bridgehead atoms. The maximum absolute atomic E-state index is 12.8. The summed E-state index contributed by atoms with van der Waals surface area (Å²) in [6, 6.07) is 11.9. The predicted molar refractivity (Wildman–Crippen MR) is 99.0 cm³/mol. The first-order chi connectivity index (χ1) is 13.9. The lowest BCUT2D eigenvalue weighted by Crippen LogP contribution is -2.47. The normalized spacial score (nSPS) is 12.9. The van der Waals surface area contributed by atoms with Crippen LogP contribution in [0.4, 0.5) is 4.39 Å². The zero-order valence-corrected chi connectivity index (χ0v) is 15.3. The van der Waals surface area contributed by atoms with E-state index in [1.165, 1.54) is 24.3 Å². The van der Waals surface area contributed by atoms with Gasteiger partial charge in [0, 0.05) is 18.5 Å². The van der Waals surface area contributed by atoms with E-state index in [-0.39, 0.29) is 31.9 Å². The molecule has 0 saturated carbocycles. The van der Waals surface area contributed by atoms with Crippen molar-refractivity contribution in [3.63, 3.8) is 0 Å². The molecule has 4 amide bonds. The second kappa shape index (κ2) is 8.96. The Morgan fingerprint density at radius 2 is 1.69 bits per heavy atom. The number of halogens is 1. The smallest absolute Gasteiger partial charge is 0.276 e. The molecular formula is C20H18FN3O5. The summed E-state index contributed by atoms with van der Waals surface area (Å²) in [7, 11) is 0. The molecule has 9 heteroatoms. The number of rotatable bonds is 6. The lowest BCUT2D eigenvalue weighted by atomic mass is 9.98. The maximum atomic E-state index is 12.8. The summed E-state index contributed by atoms with van der Waals surface area (Å²) < 4.78 is 17.9. The predicted octanol–water partition coefficient (Wildman–Crippen LogP) is 0.967. The second-order valence-corrected chi connectivity index (χ2v) is 6.27. The van der Waals surface area contributed by atoms with Crippen LogP contribution in [0.25, 0.3) is 0 Å².